The van der Waals surface area contributed by atoms with E-state index in [2.05, 4.69) is 13.4 Å². The van der Waals surface area contributed by atoms with E-state index in [1.165, 1.54) is 6.92 Å². The molecule has 0 bridgehead atoms. The average molecular weight is 550 g/mol. The van der Waals surface area contributed by atoms with Crippen molar-refractivity contribution in [3.8, 4) is 0 Å². The molecule has 2 saturated heterocycles. The van der Waals surface area contributed by atoms with Gasteiger partial charge in [-0.25, -0.2) is 13.9 Å². The first-order valence-corrected chi connectivity index (χ1v) is 12.8. The van der Waals surface area contributed by atoms with Crippen molar-refractivity contribution in [2.75, 3.05) is 6.61 Å². The van der Waals surface area contributed by atoms with E-state index in [9.17, 15) is 54.0 Å². The Kier molecular flexibility index (Phi) is 8.52. The van der Waals surface area contributed by atoms with Gasteiger partial charge < -0.3 is 44.8 Å². The Morgan fingerprint density at radius 3 is 2.29 bits per heavy atom. The number of aromatic nitrogens is 2. The molecule has 200 valence electrons. The van der Waals surface area contributed by atoms with E-state index < -0.39 is 88.7 Å². The number of H-pyrrole nitrogens is 1. The van der Waals surface area contributed by atoms with Crippen LogP contribution in [0, 0.1) is 0 Å². The van der Waals surface area contributed by atoms with Crippen molar-refractivity contribution in [1.29, 1.82) is 0 Å². The maximum absolute atomic E-state index is 12.1. The number of aliphatic hydroxyl groups excluding tert-OH is 5. The van der Waals surface area contributed by atoms with Crippen molar-refractivity contribution in [3.63, 3.8) is 0 Å². The summed E-state index contributed by atoms with van der Waals surface area (Å²) < 4.78 is 48.2. The second-order valence-corrected chi connectivity index (χ2v) is 10.7. The van der Waals surface area contributed by atoms with Crippen LogP contribution in [0.3, 0.4) is 0 Å². The van der Waals surface area contributed by atoms with E-state index in [-0.39, 0.29) is 0 Å². The third kappa shape index (κ3) is 6.51. The predicted molar refractivity (Wildman–Crippen MR) is 107 cm³/mol. The molecule has 0 radical (unpaired) electrons. The van der Waals surface area contributed by atoms with E-state index in [1.54, 1.807) is 0 Å². The van der Waals surface area contributed by atoms with Crippen LogP contribution in [-0.4, -0.2) is 100 Å². The molecule has 20 heteroatoms. The van der Waals surface area contributed by atoms with Gasteiger partial charge in [-0.1, -0.05) is 0 Å². The van der Waals surface area contributed by atoms with Gasteiger partial charge in [-0.15, -0.1) is 0 Å². The van der Waals surface area contributed by atoms with Gasteiger partial charge in [-0.3, -0.25) is 23.4 Å². The highest BCUT2D eigenvalue weighted by molar-refractivity contribution is 7.61. The normalized spacial score (nSPS) is 37.6. The largest absolute Gasteiger partial charge is 0.483 e. The van der Waals surface area contributed by atoms with Gasteiger partial charge in [0.25, 0.3) is 5.56 Å². The highest BCUT2D eigenvalue weighted by Crippen LogP contribution is 2.61. The van der Waals surface area contributed by atoms with Crippen LogP contribution in [0.25, 0.3) is 0 Å². The number of phosphoric acid groups is 2. The molecule has 2 unspecified atom stereocenters. The Morgan fingerprint density at radius 2 is 1.71 bits per heavy atom. The zero-order valence-corrected chi connectivity index (χ0v) is 19.5. The molecule has 8 N–H and O–H groups in total. The molecule has 11 atom stereocenters. The van der Waals surface area contributed by atoms with Gasteiger partial charge in [0.2, 0.25) is 0 Å². The summed E-state index contributed by atoms with van der Waals surface area (Å²) >= 11 is 0. The number of aliphatic hydroxyl groups is 5. The smallest absolute Gasteiger partial charge is 0.391 e. The third-order valence-corrected chi connectivity index (χ3v) is 7.64. The summed E-state index contributed by atoms with van der Waals surface area (Å²) in [5.41, 5.74) is -1.72. The van der Waals surface area contributed by atoms with E-state index in [4.69, 9.17) is 9.47 Å². The van der Waals surface area contributed by atoms with Gasteiger partial charge in [-0.2, -0.15) is 4.31 Å². The number of hydrogen-bond acceptors (Lipinski definition) is 14. The first-order valence-electron chi connectivity index (χ1n) is 9.84. The monoisotopic (exact) mass is 550 g/mol. The maximum atomic E-state index is 12.1. The van der Waals surface area contributed by atoms with Gasteiger partial charge in [0, 0.05) is 12.3 Å². The molecule has 35 heavy (non-hydrogen) atoms. The molecule has 1 aromatic rings. The molecule has 0 aliphatic carbocycles. The third-order valence-electron chi connectivity index (χ3n) is 5.04. The van der Waals surface area contributed by atoms with Crippen LogP contribution in [0.2, 0.25) is 0 Å². The zero-order valence-electron chi connectivity index (χ0n) is 17.7. The van der Waals surface area contributed by atoms with Crippen molar-refractivity contribution >= 4 is 15.6 Å². The van der Waals surface area contributed by atoms with Gasteiger partial charge in [0.05, 0.1) is 12.7 Å². The van der Waals surface area contributed by atoms with Crippen LogP contribution in [0.4, 0.5) is 0 Å². The molecule has 0 amide bonds. The zero-order chi connectivity index (χ0) is 26.3. The highest BCUT2D eigenvalue weighted by atomic mass is 31.3. The molecule has 2 aliphatic rings. The Hall–Kier alpha value is -1.34. The van der Waals surface area contributed by atoms with Crippen molar-refractivity contribution in [2.24, 2.45) is 0 Å². The van der Waals surface area contributed by atoms with Crippen molar-refractivity contribution in [3.05, 3.63) is 33.1 Å². The van der Waals surface area contributed by atoms with E-state index in [0.29, 0.717) is 0 Å². The van der Waals surface area contributed by atoms with E-state index in [1.807, 2.05) is 4.98 Å². The Balaban J connectivity index is 1.60. The second kappa shape index (κ2) is 10.6. The fraction of sp³-hybridized carbons (Fsp3) is 0.733. The molecule has 1 aromatic heterocycles. The lowest BCUT2D eigenvalue weighted by Crippen LogP contribution is -2.37. The summed E-state index contributed by atoms with van der Waals surface area (Å²) in [4.78, 5) is 44.5. The molecule has 2 fully saturated rings. The lowest BCUT2D eigenvalue weighted by molar-refractivity contribution is -0.136. The highest BCUT2D eigenvalue weighted by Gasteiger charge is 2.50. The average Bonchev–Trinajstić information content (AvgIpc) is 3.16. The number of aromatic amines is 1. The van der Waals surface area contributed by atoms with Crippen LogP contribution in [-0.2, 0) is 32.0 Å². The standard InChI is InChI=1S/C15H24N2O16P2/c1-5(18)12-9(21)11(23)14(31-12)32-35(27,28)33-34(25,26)29-4-6-8(20)10(22)13(30-6)17-3-2-7(19)16-15(17)24/h2-3,5-6,8-14,18,20-23H,4H2,1H3,(H,25,26)(H,27,28)(H,16,19,24)/t5-,6-,8-,9-,10-,11-,12+,13-,14-/m1/s1. The molecular weight excluding hydrogens is 526 g/mol. The Morgan fingerprint density at radius 1 is 1.06 bits per heavy atom. The van der Waals surface area contributed by atoms with Crippen LogP contribution in [0.15, 0.2) is 21.9 Å². The number of nitrogens with one attached hydrogen (secondary N) is 1. The summed E-state index contributed by atoms with van der Waals surface area (Å²) in [6.45, 7) is 0.203. The van der Waals surface area contributed by atoms with Crippen LogP contribution >= 0.6 is 15.6 Å². The lowest BCUT2D eigenvalue weighted by atomic mass is 10.1. The number of ether oxygens (including phenoxy) is 2. The summed E-state index contributed by atoms with van der Waals surface area (Å²) in [7, 11) is -10.9. The summed E-state index contributed by atoms with van der Waals surface area (Å²) in [5, 5.41) is 49.3. The Labute approximate surface area is 195 Å². The fourth-order valence-corrected chi connectivity index (χ4v) is 5.51. The van der Waals surface area contributed by atoms with Crippen LogP contribution < -0.4 is 11.2 Å². The van der Waals surface area contributed by atoms with Crippen LogP contribution in [0.1, 0.15) is 13.2 Å². The van der Waals surface area contributed by atoms with Crippen molar-refractivity contribution in [1.82, 2.24) is 9.55 Å². The van der Waals surface area contributed by atoms with E-state index >= 15 is 0 Å². The SMILES string of the molecule is C[C@@H](O)[C@@H]1O[C@H](OP(=O)(O)OP(=O)(O)OC[C@H]2O[C@@H](n3ccc(=O)[nH]c3=O)[C@H](O)[C@@H]2O)[C@H](O)[C@H]1O. The lowest BCUT2D eigenvalue weighted by Gasteiger charge is -2.22. The van der Waals surface area contributed by atoms with Crippen LogP contribution in [0.5, 0.6) is 0 Å². The topological polar surface area (TPSA) is 277 Å². The summed E-state index contributed by atoms with van der Waals surface area (Å²) in [5.74, 6) is 0. The van der Waals surface area contributed by atoms with E-state index in [0.717, 1.165) is 16.8 Å². The van der Waals surface area contributed by atoms with Crippen molar-refractivity contribution in [2.45, 2.75) is 62.2 Å². The van der Waals surface area contributed by atoms with Crippen molar-refractivity contribution < 1.29 is 67.3 Å². The molecule has 3 rings (SSSR count). The minimum absolute atomic E-state index is 0.736. The molecular formula is C15H24N2O16P2. The fourth-order valence-electron chi connectivity index (χ4n) is 3.35. The summed E-state index contributed by atoms with van der Waals surface area (Å²) in [6.07, 6.45) is -14.0. The molecule has 0 saturated carbocycles. The molecule has 0 spiro atoms. The second-order valence-electron chi connectivity index (χ2n) is 7.67. The minimum Gasteiger partial charge on any atom is -0.391 e. The predicted octanol–water partition coefficient (Wildman–Crippen LogP) is -3.77. The number of nitrogens with zero attached hydrogens (tertiary/aromatic N) is 1. The Bertz CT molecular complexity index is 1110. The molecule has 2 aliphatic heterocycles. The molecule has 0 aromatic carbocycles. The van der Waals surface area contributed by atoms with Gasteiger partial charge in [-0.05, 0) is 6.92 Å². The van der Waals surface area contributed by atoms with Gasteiger partial charge in [0.15, 0.2) is 12.5 Å². The van der Waals surface area contributed by atoms with Gasteiger partial charge >= 0.3 is 21.3 Å². The quantitative estimate of drug-likeness (QED) is 0.137. The van der Waals surface area contributed by atoms with Gasteiger partial charge in [0.1, 0.15) is 36.6 Å². The number of hydrogen-bond donors (Lipinski definition) is 8. The first kappa shape index (κ1) is 28.2. The minimum atomic E-state index is -5.49. The molecule has 3 heterocycles. The number of rotatable bonds is 9. The molecule has 18 nitrogen and oxygen atoms in total. The first-order chi connectivity index (χ1) is 16.1. The maximum Gasteiger partial charge on any atom is 0.483 e. The number of phosphoric ester groups is 2. The summed E-state index contributed by atoms with van der Waals surface area (Å²) in [6, 6.07) is 0.940.